The molecule has 27 heavy (non-hydrogen) atoms. The van der Waals surface area contributed by atoms with Crippen molar-refractivity contribution in [3.8, 4) is 0 Å². The summed E-state index contributed by atoms with van der Waals surface area (Å²) in [6, 6.07) is 0. The first-order valence-electron chi connectivity index (χ1n) is 9.74. The maximum Gasteiger partial charge on any atom is 0.327 e. The molecule has 0 saturated carbocycles. The van der Waals surface area contributed by atoms with Gasteiger partial charge in [-0.05, 0) is 19.3 Å². The highest BCUT2D eigenvalue weighted by Gasteiger charge is 2.34. The molecule has 8 heteroatoms. The summed E-state index contributed by atoms with van der Waals surface area (Å²) in [5, 5.41) is 6.54. The third-order valence-corrected chi connectivity index (χ3v) is 5.36. The van der Waals surface area contributed by atoms with Gasteiger partial charge in [0.15, 0.2) is 5.25 Å². The van der Waals surface area contributed by atoms with Crippen LogP contribution in [0, 0.1) is 0 Å². The normalized spacial score (nSPS) is 12.5. The molecule has 0 heterocycles. The average Bonchev–Trinajstić information content (AvgIpc) is 2.58. The second kappa shape index (κ2) is 15.6. The van der Waals surface area contributed by atoms with Crippen LogP contribution in [-0.4, -0.2) is 41.9 Å². The van der Waals surface area contributed by atoms with Crippen molar-refractivity contribution in [2.45, 2.75) is 88.7 Å². The number of carbonyl (C=O) groups excluding carboxylic acids is 1. The van der Waals surface area contributed by atoms with Crippen LogP contribution in [0.3, 0.4) is 0 Å². The number of hydrogen-bond acceptors (Lipinski definition) is 5. The molecule has 0 rings (SSSR count). The maximum absolute atomic E-state index is 11.6. The molecule has 1 unspecified atom stereocenters. The molecule has 0 aromatic heterocycles. The van der Waals surface area contributed by atoms with Crippen molar-refractivity contribution >= 4 is 22.1 Å². The highest BCUT2D eigenvalue weighted by molar-refractivity contribution is 7.87. The van der Waals surface area contributed by atoms with Crippen molar-refractivity contribution in [3.63, 3.8) is 0 Å². The molecule has 0 spiro atoms. The van der Waals surface area contributed by atoms with Crippen molar-refractivity contribution in [2.24, 2.45) is 0 Å². The Morgan fingerprint density at radius 2 is 1.33 bits per heavy atom. The minimum atomic E-state index is -4.79. The number of hydrogen-bond donors (Lipinski definition) is 2. The van der Waals surface area contributed by atoms with E-state index in [2.05, 4.69) is 6.58 Å². The van der Waals surface area contributed by atoms with Gasteiger partial charge in [0.25, 0.3) is 10.1 Å². The number of carboxylic acid groups (broad SMARTS) is 1. The lowest BCUT2D eigenvalue weighted by Gasteiger charge is -2.11. The van der Waals surface area contributed by atoms with Crippen LogP contribution in [0.2, 0.25) is 0 Å². The van der Waals surface area contributed by atoms with E-state index in [-0.39, 0.29) is 6.61 Å². The SMILES string of the molecule is C=CCCCCCCCCCCCCCOC(=O)C(CC(=O)O)S(=O)(=O)O. The predicted octanol–water partition coefficient (Wildman–Crippen LogP) is 4.13. The minimum Gasteiger partial charge on any atom is -0.481 e. The second-order valence-electron chi connectivity index (χ2n) is 6.74. The summed E-state index contributed by atoms with van der Waals surface area (Å²) in [4.78, 5) is 22.2. The summed E-state index contributed by atoms with van der Waals surface area (Å²) in [5.74, 6) is -2.71. The van der Waals surface area contributed by atoms with Gasteiger partial charge in [-0.25, -0.2) is 0 Å². The molecule has 1 atom stereocenters. The number of allylic oxidation sites excluding steroid dienone is 1. The van der Waals surface area contributed by atoms with Gasteiger partial charge >= 0.3 is 11.9 Å². The van der Waals surface area contributed by atoms with Gasteiger partial charge in [0.1, 0.15) is 0 Å². The molecular weight excluding hydrogens is 372 g/mol. The second-order valence-corrected chi connectivity index (χ2v) is 8.33. The highest BCUT2D eigenvalue weighted by atomic mass is 32.2. The van der Waals surface area contributed by atoms with Crippen LogP contribution in [-0.2, 0) is 24.4 Å². The fourth-order valence-electron chi connectivity index (χ4n) is 2.72. The molecule has 0 aliphatic carbocycles. The van der Waals surface area contributed by atoms with Gasteiger partial charge in [0, 0.05) is 0 Å². The number of aliphatic carboxylic acids is 1. The van der Waals surface area contributed by atoms with Crippen LogP contribution in [0.15, 0.2) is 12.7 Å². The van der Waals surface area contributed by atoms with Gasteiger partial charge in [-0.3, -0.25) is 14.1 Å². The standard InChI is InChI=1S/C19H34O7S/c1-2-3-4-5-6-7-8-9-10-11-12-13-14-15-26-19(22)17(16-18(20)21)27(23,24)25/h2,17H,1,3-16H2,(H,20,21)(H,23,24,25). The highest BCUT2D eigenvalue weighted by Crippen LogP contribution is 2.12. The number of rotatable bonds is 18. The Balaban J connectivity index is 3.61. The number of carbonyl (C=O) groups is 2. The van der Waals surface area contributed by atoms with Gasteiger partial charge in [0.2, 0.25) is 0 Å². The van der Waals surface area contributed by atoms with E-state index in [4.69, 9.17) is 14.4 Å². The van der Waals surface area contributed by atoms with Crippen LogP contribution in [0.5, 0.6) is 0 Å². The smallest absolute Gasteiger partial charge is 0.327 e. The van der Waals surface area contributed by atoms with E-state index in [0.717, 1.165) is 25.7 Å². The van der Waals surface area contributed by atoms with Crippen molar-refractivity contribution < 1.29 is 32.4 Å². The van der Waals surface area contributed by atoms with Gasteiger partial charge in [0.05, 0.1) is 13.0 Å². The molecule has 7 nitrogen and oxygen atoms in total. The Labute approximate surface area is 162 Å². The van der Waals surface area contributed by atoms with E-state index < -0.39 is 33.7 Å². The van der Waals surface area contributed by atoms with Crippen LogP contribution >= 0.6 is 0 Å². The van der Waals surface area contributed by atoms with Crippen LogP contribution < -0.4 is 0 Å². The summed E-state index contributed by atoms with van der Waals surface area (Å²) in [6.45, 7) is 3.73. The maximum atomic E-state index is 11.6. The largest absolute Gasteiger partial charge is 0.481 e. The molecule has 0 amide bonds. The van der Waals surface area contributed by atoms with Crippen molar-refractivity contribution in [2.75, 3.05) is 6.61 Å². The minimum absolute atomic E-state index is 0.0230. The summed E-state index contributed by atoms with van der Waals surface area (Å²) < 4.78 is 35.8. The summed E-state index contributed by atoms with van der Waals surface area (Å²) in [5.41, 5.74) is 0. The number of unbranched alkanes of at least 4 members (excludes halogenated alkanes) is 11. The van der Waals surface area contributed by atoms with Crippen LogP contribution in [0.4, 0.5) is 0 Å². The molecule has 0 aliphatic rings. The lowest BCUT2D eigenvalue weighted by molar-refractivity contribution is -0.147. The molecule has 0 aliphatic heterocycles. The van der Waals surface area contributed by atoms with Gasteiger partial charge in [-0.1, -0.05) is 63.9 Å². The third kappa shape index (κ3) is 15.4. The predicted molar refractivity (Wildman–Crippen MR) is 104 cm³/mol. The fourth-order valence-corrected chi connectivity index (χ4v) is 3.38. The Morgan fingerprint density at radius 3 is 1.74 bits per heavy atom. The summed E-state index contributed by atoms with van der Waals surface area (Å²) >= 11 is 0. The van der Waals surface area contributed by atoms with Crippen molar-refractivity contribution in [1.82, 2.24) is 0 Å². The van der Waals surface area contributed by atoms with E-state index in [1.165, 1.54) is 44.9 Å². The zero-order valence-corrected chi connectivity index (χ0v) is 16.9. The van der Waals surface area contributed by atoms with E-state index in [9.17, 15) is 18.0 Å². The molecule has 0 saturated heterocycles. The van der Waals surface area contributed by atoms with E-state index in [0.29, 0.717) is 6.42 Å². The van der Waals surface area contributed by atoms with E-state index in [1.807, 2.05) is 6.08 Å². The quantitative estimate of drug-likeness (QED) is 0.152. The van der Waals surface area contributed by atoms with Crippen LogP contribution in [0.1, 0.15) is 83.5 Å². The topological polar surface area (TPSA) is 118 Å². The number of esters is 1. The van der Waals surface area contributed by atoms with Crippen LogP contribution in [0.25, 0.3) is 0 Å². The first kappa shape index (κ1) is 25.6. The average molecular weight is 407 g/mol. The molecule has 0 aromatic rings. The number of ether oxygens (including phenoxy) is 1. The zero-order valence-electron chi connectivity index (χ0n) is 16.1. The Kier molecular flexibility index (Phi) is 14.8. The van der Waals surface area contributed by atoms with E-state index in [1.54, 1.807) is 0 Å². The third-order valence-electron chi connectivity index (χ3n) is 4.28. The molecule has 0 aromatic carbocycles. The molecular formula is C19H34O7S. The first-order chi connectivity index (χ1) is 12.8. The molecule has 158 valence electrons. The summed E-state index contributed by atoms with van der Waals surface area (Å²) in [6.07, 6.45) is 14.3. The van der Waals surface area contributed by atoms with Gasteiger partial charge in [-0.15, -0.1) is 6.58 Å². The lowest BCUT2D eigenvalue weighted by atomic mass is 10.1. The summed E-state index contributed by atoms with van der Waals surface area (Å²) in [7, 11) is -4.79. The Morgan fingerprint density at radius 1 is 0.889 bits per heavy atom. The molecule has 0 radical (unpaired) electrons. The lowest BCUT2D eigenvalue weighted by Crippen LogP contribution is -2.34. The fraction of sp³-hybridized carbons (Fsp3) is 0.789. The zero-order chi connectivity index (χ0) is 20.5. The Hall–Kier alpha value is -1.41. The van der Waals surface area contributed by atoms with Crippen molar-refractivity contribution in [3.05, 3.63) is 12.7 Å². The first-order valence-corrected chi connectivity index (χ1v) is 11.2. The number of carboxylic acids is 1. The van der Waals surface area contributed by atoms with E-state index >= 15 is 0 Å². The monoisotopic (exact) mass is 406 g/mol. The Bertz CT molecular complexity index is 528. The van der Waals surface area contributed by atoms with Gasteiger partial charge in [-0.2, -0.15) is 8.42 Å². The van der Waals surface area contributed by atoms with Crippen molar-refractivity contribution in [1.29, 1.82) is 0 Å². The van der Waals surface area contributed by atoms with Gasteiger partial charge < -0.3 is 9.84 Å². The molecule has 0 fully saturated rings. The molecule has 0 bridgehead atoms. The molecule has 2 N–H and O–H groups in total.